The SMILES string of the molecule is CCOc1cc(/C=C2/C(=O)NN(c3ccccc3)C2=O)cc(I)c1OCc1ccccc1Cl. The number of hydrogen-bond acceptors (Lipinski definition) is 4. The zero-order valence-electron chi connectivity index (χ0n) is 17.7. The molecule has 0 bridgehead atoms. The summed E-state index contributed by atoms with van der Waals surface area (Å²) in [6.07, 6.45) is 1.56. The van der Waals surface area contributed by atoms with Crippen LogP contribution in [0.1, 0.15) is 18.1 Å². The Hall–Kier alpha value is -3.04. The van der Waals surface area contributed by atoms with Gasteiger partial charge in [-0.2, -0.15) is 0 Å². The number of carbonyl (C=O) groups excluding carboxylic acids is 2. The van der Waals surface area contributed by atoms with Gasteiger partial charge >= 0.3 is 0 Å². The van der Waals surface area contributed by atoms with Gasteiger partial charge in [0.1, 0.15) is 12.2 Å². The van der Waals surface area contributed by atoms with Gasteiger partial charge in [-0.05, 0) is 71.5 Å². The highest BCUT2D eigenvalue weighted by molar-refractivity contribution is 14.1. The lowest BCUT2D eigenvalue weighted by atomic mass is 10.1. The molecule has 1 saturated heterocycles. The second kappa shape index (κ2) is 10.3. The van der Waals surface area contributed by atoms with Gasteiger partial charge in [-0.1, -0.05) is 48.0 Å². The number of benzene rings is 3. The Labute approximate surface area is 210 Å². The summed E-state index contributed by atoms with van der Waals surface area (Å²) in [5.74, 6) is 0.218. The van der Waals surface area contributed by atoms with Crippen molar-refractivity contribution in [2.24, 2.45) is 0 Å². The number of anilines is 1. The number of rotatable bonds is 7. The highest BCUT2D eigenvalue weighted by atomic mass is 127. The molecule has 8 heteroatoms. The second-order valence-corrected chi connectivity index (χ2v) is 8.69. The van der Waals surface area contributed by atoms with Crippen LogP contribution in [-0.4, -0.2) is 18.4 Å². The van der Waals surface area contributed by atoms with E-state index in [0.717, 1.165) is 9.13 Å². The summed E-state index contributed by atoms with van der Waals surface area (Å²) in [6.45, 7) is 2.59. The average molecular weight is 575 g/mol. The van der Waals surface area contributed by atoms with Crippen LogP contribution >= 0.6 is 34.2 Å². The third-order valence-corrected chi connectivity index (χ3v) is 6.05. The van der Waals surface area contributed by atoms with E-state index in [1.165, 1.54) is 5.01 Å². The summed E-state index contributed by atoms with van der Waals surface area (Å²) < 4.78 is 12.6. The van der Waals surface area contributed by atoms with Crippen LogP contribution in [0.3, 0.4) is 0 Å². The molecule has 0 atom stereocenters. The second-order valence-electron chi connectivity index (χ2n) is 7.12. The molecule has 4 rings (SSSR count). The number of hydrogen-bond donors (Lipinski definition) is 1. The van der Waals surface area contributed by atoms with Gasteiger partial charge in [0.15, 0.2) is 11.5 Å². The quantitative estimate of drug-likeness (QED) is 0.234. The van der Waals surface area contributed by atoms with Gasteiger partial charge in [0, 0.05) is 10.6 Å². The van der Waals surface area contributed by atoms with E-state index in [4.69, 9.17) is 21.1 Å². The number of nitrogens with zero attached hydrogens (tertiary/aromatic N) is 1. The molecule has 0 radical (unpaired) electrons. The number of carbonyl (C=O) groups is 2. The smallest absolute Gasteiger partial charge is 0.282 e. The molecule has 168 valence electrons. The van der Waals surface area contributed by atoms with Crippen LogP contribution in [-0.2, 0) is 16.2 Å². The molecule has 1 N–H and O–H groups in total. The Morgan fingerprint density at radius 2 is 1.76 bits per heavy atom. The minimum Gasteiger partial charge on any atom is -0.490 e. The number of halogens is 2. The van der Waals surface area contributed by atoms with Crippen molar-refractivity contribution in [3.8, 4) is 11.5 Å². The molecule has 3 aromatic carbocycles. The van der Waals surface area contributed by atoms with Gasteiger partial charge < -0.3 is 9.47 Å². The van der Waals surface area contributed by atoms with E-state index in [0.29, 0.717) is 34.4 Å². The van der Waals surface area contributed by atoms with E-state index in [1.807, 2.05) is 43.3 Å². The van der Waals surface area contributed by atoms with Crippen LogP contribution in [0.15, 0.2) is 72.3 Å². The molecule has 1 heterocycles. The van der Waals surface area contributed by atoms with Crippen molar-refractivity contribution in [2.75, 3.05) is 11.6 Å². The largest absolute Gasteiger partial charge is 0.490 e. The summed E-state index contributed by atoms with van der Waals surface area (Å²) in [7, 11) is 0. The monoisotopic (exact) mass is 574 g/mol. The van der Waals surface area contributed by atoms with Crippen molar-refractivity contribution in [3.05, 3.63) is 92.0 Å². The van der Waals surface area contributed by atoms with Crippen LogP contribution in [0, 0.1) is 3.57 Å². The molecule has 3 aromatic rings. The van der Waals surface area contributed by atoms with E-state index >= 15 is 0 Å². The first kappa shape index (κ1) is 23.1. The third-order valence-electron chi connectivity index (χ3n) is 4.88. The third kappa shape index (κ3) is 5.15. The van der Waals surface area contributed by atoms with E-state index in [9.17, 15) is 9.59 Å². The van der Waals surface area contributed by atoms with E-state index in [2.05, 4.69) is 28.0 Å². The molecule has 1 aliphatic heterocycles. The molecule has 1 fully saturated rings. The van der Waals surface area contributed by atoms with Crippen molar-refractivity contribution >= 4 is 57.8 Å². The summed E-state index contributed by atoms with van der Waals surface area (Å²) >= 11 is 8.39. The molecule has 33 heavy (non-hydrogen) atoms. The Morgan fingerprint density at radius 1 is 1.03 bits per heavy atom. The Kier molecular flexibility index (Phi) is 7.20. The minimum atomic E-state index is -0.462. The topological polar surface area (TPSA) is 67.9 Å². The first-order chi connectivity index (χ1) is 16.0. The average Bonchev–Trinajstić information content (AvgIpc) is 3.09. The van der Waals surface area contributed by atoms with Crippen LogP contribution in [0.4, 0.5) is 5.69 Å². The van der Waals surface area contributed by atoms with Gasteiger partial charge in [-0.25, -0.2) is 5.01 Å². The van der Waals surface area contributed by atoms with Gasteiger partial charge in [-0.3, -0.25) is 15.0 Å². The highest BCUT2D eigenvalue weighted by Crippen LogP contribution is 2.36. The fraction of sp³-hybridized carbons (Fsp3) is 0.120. The number of nitrogens with one attached hydrogen (secondary N) is 1. The molecule has 0 saturated carbocycles. The van der Waals surface area contributed by atoms with Crippen molar-refractivity contribution in [3.63, 3.8) is 0 Å². The summed E-state index contributed by atoms with van der Waals surface area (Å²) in [5, 5.41) is 1.87. The fourth-order valence-electron chi connectivity index (χ4n) is 3.32. The molecule has 1 aliphatic rings. The lowest BCUT2D eigenvalue weighted by Crippen LogP contribution is -2.35. The maximum atomic E-state index is 12.9. The molecule has 0 spiro atoms. The van der Waals surface area contributed by atoms with Crippen molar-refractivity contribution < 1.29 is 19.1 Å². The van der Waals surface area contributed by atoms with Crippen molar-refractivity contribution in [1.29, 1.82) is 0 Å². The molecule has 0 aromatic heterocycles. The van der Waals surface area contributed by atoms with Crippen LogP contribution in [0.2, 0.25) is 5.02 Å². The first-order valence-electron chi connectivity index (χ1n) is 10.2. The van der Waals surface area contributed by atoms with Crippen molar-refractivity contribution in [2.45, 2.75) is 13.5 Å². The van der Waals surface area contributed by atoms with E-state index in [-0.39, 0.29) is 12.2 Å². The standard InChI is InChI=1S/C25H20ClIN2O4/c1-2-32-22-14-16(13-21(27)23(22)33-15-17-8-6-7-11-20(17)26)12-19-24(30)28-29(25(19)31)18-9-4-3-5-10-18/h3-14H,2,15H2,1H3,(H,28,30)/b19-12-. The zero-order valence-corrected chi connectivity index (χ0v) is 20.6. The fourth-order valence-corrected chi connectivity index (χ4v) is 4.29. The maximum absolute atomic E-state index is 12.9. The molecule has 2 amide bonds. The molecule has 0 unspecified atom stereocenters. The molecular weight excluding hydrogens is 555 g/mol. The predicted molar refractivity (Wildman–Crippen MR) is 136 cm³/mol. The predicted octanol–water partition coefficient (Wildman–Crippen LogP) is 5.38. The molecule has 0 aliphatic carbocycles. The Morgan fingerprint density at radius 3 is 2.48 bits per heavy atom. The number of para-hydroxylation sites is 1. The van der Waals surface area contributed by atoms with Gasteiger partial charge in [-0.15, -0.1) is 0 Å². The maximum Gasteiger partial charge on any atom is 0.282 e. The van der Waals surface area contributed by atoms with Gasteiger partial charge in [0.05, 0.1) is 15.9 Å². The summed E-state index contributed by atoms with van der Waals surface area (Å²) in [5.41, 5.74) is 4.75. The van der Waals surface area contributed by atoms with Gasteiger partial charge in [0.2, 0.25) is 0 Å². The van der Waals surface area contributed by atoms with E-state index < -0.39 is 11.8 Å². The zero-order chi connectivity index (χ0) is 23.4. The lowest BCUT2D eigenvalue weighted by molar-refractivity contribution is -0.117. The Balaban J connectivity index is 1.62. The number of hydrazine groups is 1. The van der Waals surface area contributed by atoms with Crippen molar-refractivity contribution in [1.82, 2.24) is 5.43 Å². The van der Waals surface area contributed by atoms with E-state index in [1.54, 1.807) is 36.4 Å². The van der Waals surface area contributed by atoms with Gasteiger partial charge in [0.25, 0.3) is 11.8 Å². The molecular formula is C25H20ClIN2O4. The first-order valence-corrected chi connectivity index (χ1v) is 11.7. The normalized spacial score (nSPS) is 14.5. The highest BCUT2D eigenvalue weighted by Gasteiger charge is 2.34. The summed E-state index contributed by atoms with van der Waals surface area (Å²) in [4.78, 5) is 25.4. The van der Waals surface area contributed by atoms with Crippen LogP contribution in [0.25, 0.3) is 6.08 Å². The van der Waals surface area contributed by atoms with Crippen LogP contribution in [0.5, 0.6) is 11.5 Å². The lowest BCUT2D eigenvalue weighted by Gasteiger charge is -2.15. The number of amides is 2. The molecule has 6 nitrogen and oxygen atoms in total. The minimum absolute atomic E-state index is 0.0434. The number of ether oxygens (including phenoxy) is 2. The Bertz CT molecular complexity index is 1230. The summed E-state index contributed by atoms with van der Waals surface area (Å²) in [6, 6.07) is 20.0. The van der Waals surface area contributed by atoms with Crippen LogP contribution < -0.4 is 19.9 Å².